The molecular formula is C13H10ClN3OS2. The molecule has 0 spiro atoms. The van der Waals surface area contributed by atoms with Gasteiger partial charge < -0.3 is 11.1 Å². The van der Waals surface area contributed by atoms with Gasteiger partial charge in [0.25, 0.3) is 0 Å². The number of halogens is 1. The minimum Gasteiger partial charge on any atom is -0.399 e. The maximum atomic E-state index is 11.8. The zero-order chi connectivity index (χ0) is 14.5. The van der Waals surface area contributed by atoms with Gasteiger partial charge in [0.1, 0.15) is 11.1 Å². The first-order valence-electron chi connectivity index (χ1n) is 5.55. The first kappa shape index (κ1) is 14.7. The summed E-state index contributed by atoms with van der Waals surface area (Å²) >= 11 is 8.67. The van der Waals surface area contributed by atoms with Crippen LogP contribution < -0.4 is 11.1 Å². The summed E-state index contributed by atoms with van der Waals surface area (Å²) in [6.45, 7) is 0. The summed E-state index contributed by atoms with van der Waals surface area (Å²) in [5, 5.41) is 14.4. The number of benzene rings is 1. The first-order chi connectivity index (χ1) is 9.60. The van der Waals surface area contributed by atoms with Crippen molar-refractivity contribution in [1.29, 1.82) is 5.26 Å². The largest absolute Gasteiger partial charge is 0.399 e. The van der Waals surface area contributed by atoms with Crippen molar-refractivity contribution in [2.24, 2.45) is 0 Å². The number of carbonyl (C=O) groups is 1. The Balaban J connectivity index is 1.94. The Morgan fingerprint density at radius 1 is 1.50 bits per heavy atom. The van der Waals surface area contributed by atoms with Crippen LogP contribution in [0, 0.1) is 11.3 Å². The number of thiophene rings is 1. The third-order valence-corrected chi connectivity index (χ3v) is 4.68. The van der Waals surface area contributed by atoms with Crippen molar-refractivity contribution < 1.29 is 4.79 Å². The van der Waals surface area contributed by atoms with Gasteiger partial charge in [-0.2, -0.15) is 5.26 Å². The maximum Gasteiger partial charge on any atom is 0.235 e. The molecule has 0 aliphatic rings. The normalized spacial score (nSPS) is 10.0. The van der Waals surface area contributed by atoms with Crippen molar-refractivity contribution in [2.45, 2.75) is 4.90 Å². The van der Waals surface area contributed by atoms with Gasteiger partial charge in [0.05, 0.1) is 16.3 Å². The second-order valence-electron chi connectivity index (χ2n) is 3.80. The van der Waals surface area contributed by atoms with E-state index >= 15 is 0 Å². The molecule has 0 atom stereocenters. The van der Waals surface area contributed by atoms with E-state index in [4.69, 9.17) is 22.6 Å². The predicted molar refractivity (Wildman–Crippen MR) is 84.3 cm³/mol. The Morgan fingerprint density at radius 3 is 3.00 bits per heavy atom. The van der Waals surface area contributed by atoms with Crippen LogP contribution in [0.2, 0.25) is 5.02 Å². The van der Waals surface area contributed by atoms with E-state index in [9.17, 15) is 4.79 Å². The lowest BCUT2D eigenvalue weighted by Gasteiger charge is -2.05. The molecule has 1 heterocycles. The van der Waals surface area contributed by atoms with Crippen molar-refractivity contribution in [1.82, 2.24) is 0 Å². The number of anilines is 2. The quantitative estimate of drug-likeness (QED) is 0.665. The molecule has 1 aromatic heterocycles. The molecule has 0 saturated heterocycles. The lowest BCUT2D eigenvalue weighted by Crippen LogP contribution is -2.13. The molecule has 2 aromatic rings. The third-order valence-electron chi connectivity index (χ3n) is 2.35. The number of hydrogen-bond donors (Lipinski definition) is 2. The van der Waals surface area contributed by atoms with Crippen molar-refractivity contribution >= 4 is 51.3 Å². The number of nitrogens with one attached hydrogen (secondary N) is 1. The molecule has 0 saturated carbocycles. The number of nitriles is 1. The minimum absolute atomic E-state index is 0.179. The molecule has 20 heavy (non-hydrogen) atoms. The van der Waals surface area contributed by atoms with E-state index in [-0.39, 0.29) is 11.7 Å². The van der Waals surface area contributed by atoms with Crippen LogP contribution in [-0.4, -0.2) is 11.7 Å². The van der Waals surface area contributed by atoms with Crippen molar-refractivity contribution in [3.05, 3.63) is 40.2 Å². The van der Waals surface area contributed by atoms with E-state index in [0.717, 1.165) is 4.90 Å². The van der Waals surface area contributed by atoms with E-state index in [1.807, 2.05) is 6.07 Å². The van der Waals surface area contributed by atoms with Gasteiger partial charge in [-0.15, -0.1) is 23.1 Å². The Hall–Kier alpha value is -1.68. The van der Waals surface area contributed by atoms with Crippen LogP contribution in [0.5, 0.6) is 0 Å². The molecule has 1 amide bonds. The van der Waals surface area contributed by atoms with Gasteiger partial charge >= 0.3 is 0 Å². The van der Waals surface area contributed by atoms with Crippen LogP contribution in [0.3, 0.4) is 0 Å². The van der Waals surface area contributed by atoms with Gasteiger partial charge in [0, 0.05) is 10.6 Å². The number of nitrogen functional groups attached to an aromatic ring is 1. The molecule has 4 nitrogen and oxygen atoms in total. The molecule has 0 aliphatic carbocycles. The van der Waals surface area contributed by atoms with Gasteiger partial charge in [-0.25, -0.2) is 0 Å². The second-order valence-corrected chi connectivity index (χ2v) is 6.14. The molecule has 0 fully saturated rings. The summed E-state index contributed by atoms with van der Waals surface area (Å²) in [5.74, 6) is 0.0358. The molecule has 0 bridgehead atoms. The summed E-state index contributed by atoms with van der Waals surface area (Å²) in [6, 6.07) is 8.86. The molecule has 102 valence electrons. The predicted octanol–water partition coefficient (Wildman–Crippen LogP) is 3.59. The molecule has 0 aliphatic heterocycles. The van der Waals surface area contributed by atoms with E-state index in [1.165, 1.54) is 23.1 Å². The van der Waals surface area contributed by atoms with Crippen LogP contribution in [0.25, 0.3) is 0 Å². The average molecular weight is 324 g/mol. The number of thioether (sulfide) groups is 1. The fourth-order valence-electron chi connectivity index (χ4n) is 1.43. The summed E-state index contributed by atoms with van der Waals surface area (Å²) in [6.07, 6.45) is 0. The van der Waals surface area contributed by atoms with E-state index < -0.39 is 0 Å². The molecule has 0 unspecified atom stereocenters. The van der Waals surface area contributed by atoms with E-state index in [0.29, 0.717) is 21.3 Å². The van der Waals surface area contributed by atoms with Gasteiger partial charge in [0.15, 0.2) is 0 Å². The monoisotopic (exact) mass is 323 g/mol. The molecule has 1 aromatic carbocycles. The van der Waals surface area contributed by atoms with Crippen LogP contribution in [0.1, 0.15) is 5.56 Å². The summed E-state index contributed by atoms with van der Waals surface area (Å²) in [7, 11) is 0. The summed E-state index contributed by atoms with van der Waals surface area (Å²) in [4.78, 5) is 12.6. The maximum absolute atomic E-state index is 11.8. The number of hydrogen-bond acceptors (Lipinski definition) is 5. The second kappa shape index (κ2) is 6.66. The number of nitrogens with zero attached hydrogens (tertiary/aromatic N) is 1. The number of nitrogens with two attached hydrogens (primary N) is 1. The zero-order valence-corrected chi connectivity index (χ0v) is 12.6. The Labute approximate surface area is 129 Å². The third kappa shape index (κ3) is 3.67. The average Bonchev–Trinajstić information content (AvgIpc) is 2.85. The number of rotatable bonds is 4. The molecule has 3 N–H and O–H groups in total. The Kier molecular flexibility index (Phi) is 4.90. The van der Waals surface area contributed by atoms with Gasteiger partial charge in [0.2, 0.25) is 5.91 Å². The number of amides is 1. The van der Waals surface area contributed by atoms with Gasteiger partial charge in [-0.1, -0.05) is 11.6 Å². The Bertz CT molecular complexity index is 678. The Morgan fingerprint density at radius 2 is 2.30 bits per heavy atom. The van der Waals surface area contributed by atoms with E-state index in [1.54, 1.807) is 29.6 Å². The van der Waals surface area contributed by atoms with Crippen LogP contribution in [-0.2, 0) is 4.79 Å². The van der Waals surface area contributed by atoms with Crippen molar-refractivity contribution in [3.8, 4) is 6.07 Å². The zero-order valence-electron chi connectivity index (χ0n) is 10.2. The van der Waals surface area contributed by atoms with Gasteiger partial charge in [-0.05, 0) is 29.6 Å². The molecule has 2 rings (SSSR count). The first-order valence-corrected chi connectivity index (χ1v) is 7.79. The fourth-order valence-corrected chi connectivity index (χ4v) is 3.26. The van der Waals surface area contributed by atoms with Gasteiger partial charge in [-0.3, -0.25) is 4.79 Å². The highest BCUT2D eigenvalue weighted by Gasteiger charge is 2.10. The number of carbonyl (C=O) groups excluding carboxylic acids is 1. The lowest BCUT2D eigenvalue weighted by atomic mass is 10.3. The van der Waals surface area contributed by atoms with E-state index in [2.05, 4.69) is 5.32 Å². The highest BCUT2D eigenvalue weighted by molar-refractivity contribution is 8.00. The summed E-state index contributed by atoms with van der Waals surface area (Å²) < 4.78 is 0. The lowest BCUT2D eigenvalue weighted by molar-refractivity contribution is -0.113. The molecule has 7 heteroatoms. The highest BCUT2D eigenvalue weighted by Crippen LogP contribution is 2.29. The summed E-state index contributed by atoms with van der Waals surface area (Å²) in [5.41, 5.74) is 6.66. The van der Waals surface area contributed by atoms with Crippen LogP contribution in [0.15, 0.2) is 34.5 Å². The van der Waals surface area contributed by atoms with Crippen molar-refractivity contribution in [2.75, 3.05) is 16.8 Å². The molecule has 0 radical (unpaired) electrons. The van der Waals surface area contributed by atoms with Crippen molar-refractivity contribution in [3.63, 3.8) is 0 Å². The topological polar surface area (TPSA) is 78.9 Å². The molecular weight excluding hydrogens is 314 g/mol. The standard InChI is InChI=1S/C13H10ClN3OS2/c14-10-5-9(16)1-2-11(10)20-7-12(18)17-13-8(6-15)3-4-19-13/h1-5H,7,16H2,(H,17,18). The fraction of sp³-hybridized carbons (Fsp3) is 0.0769. The SMILES string of the molecule is N#Cc1ccsc1NC(=O)CSc1ccc(N)cc1Cl. The van der Waals surface area contributed by atoms with Crippen LogP contribution in [0.4, 0.5) is 10.7 Å². The highest BCUT2D eigenvalue weighted by atomic mass is 35.5. The minimum atomic E-state index is -0.179. The smallest absolute Gasteiger partial charge is 0.235 e. The van der Waals surface area contributed by atoms with Crippen LogP contribution >= 0.6 is 34.7 Å².